The molecule has 0 aromatic rings. The Bertz CT molecular complexity index is 261. The standard InChI is InChI=1S/C12H21NO4/c1-3-5-11(4-2)10-17-12(15)13-6-8-16-9-7-14/h3-5,14H,6-10H2,1-2H3,(H,13,15)/b5-3-,11-4+. The molecule has 0 unspecified atom stereocenters. The zero-order valence-electron chi connectivity index (χ0n) is 10.4. The highest BCUT2D eigenvalue weighted by Gasteiger charge is 2.01. The van der Waals surface area contributed by atoms with Crippen LogP contribution in [0.4, 0.5) is 4.79 Å². The van der Waals surface area contributed by atoms with Crippen LogP contribution in [0.5, 0.6) is 0 Å². The van der Waals surface area contributed by atoms with E-state index in [-0.39, 0.29) is 19.8 Å². The van der Waals surface area contributed by atoms with Crippen molar-refractivity contribution >= 4 is 6.09 Å². The van der Waals surface area contributed by atoms with Crippen molar-refractivity contribution in [3.63, 3.8) is 0 Å². The van der Waals surface area contributed by atoms with Gasteiger partial charge in [0.1, 0.15) is 6.61 Å². The fourth-order valence-corrected chi connectivity index (χ4v) is 1.03. The molecule has 98 valence electrons. The van der Waals surface area contributed by atoms with Crippen LogP contribution in [-0.4, -0.2) is 44.2 Å². The molecule has 0 saturated carbocycles. The number of carbonyl (C=O) groups excluding carboxylic acids is 1. The van der Waals surface area contributed by atoms with Gasteiger partial charge in [-0.15, -0.1) is 0 Å². The van der Waals surface area contributed by atoms with Crippen LogP contribution in [0.1, 0.15) is 13.8 Å². The predicted octanol–water partition coefficient (Wildman–Crippen LogP) is 1.24. The van der Waals surface area contributed by atoms with Crippen LogP contribution < -0.4 is 5.32 Å². The van der Waals surface area contributed by atoms with Crippen molar-refractivity contribution in [2.45, 2.75) is 13.8 Å². The fourth-order valence-electron chi connectivity index (χ4n) is 1.03. The van der Waals surface area contributed by atoms with Gasteiger partial charge in [-0.05, 0) is 19.4 Å². The Hall–Kier alpha value is -1.33. The van der Waals surface area contributed by atoms with Gasteiger partial charge in [0.2, 0.25) is 0 Å². The summed E-state index contributed by atoms with van der Waals surface area (Å²) in [5.41, 5.74) is 0.944. The van der Waals surface area contributed by atoms with Crippen LogP contribution >= 0.6 is 0 Å². The number of hydrogen-bond acceptors (Lipinski definition) is 4. The molecular weight excluding hydrogens is 222 g/mol. The molecule has 0 atom stereocenters. The third-order valence-corrected chi connectivity index (χ3v) is 1.87. The third-order valence-electron chi connectivity index (χ3n) is 1.87. The van der Waals surface area contributed by atoms with Gasteiger partial charge in [0.25, 0.3) is 0 Å². The molecule has 0 rings (SSSR count). The Morgan fingerprint density at radius 3 is 2.71 bits per heavy atom. The minimum Gasteiger partial charge on any atom is -0.445 e. The molecule has 0 aliphatic carbocycles. The van der Waals surface area contributed by atoms with Crippen molar-refractivity contribution in [3.8, 4) is 0 Å². The summed E-state index contributed by atoms with van der Waals surface area (Å²) in [6, 6.07) is 0. The number of allylic oxidation sites excluding steroid dienone is 2. The monoisotopic (exact) mass is 243 g/mol. The maximum absolute atomic E-state index is 11.2. The molecule has 0 aromatic carbocycles. The number of hydrogen-bond donors (Lipinski definition) is 2. The smallest absolute Gasteiger partial charge is 0.407 e. The zero-order chi connectivity index (χ0) is 12.9. The molecule has 0 aliphatic heterocycles. The summed E-state index contributed by atoms with van der Waals surface area (Å²) < 4.78 is 9.96. The van der Waals surface area contributed by atoms with Gasteiger partial charge in [-0.3, -0.25) is 0 Å². The molecule has 5 heteroatoms. The van der Waals surface area contributed by atoms with E-state index in [1.807, 2.05) is 32.1 Å². The van der Waals surface area contributed by atoms with E-state index >= 15 is 0 Å². The molecule has 0 aromatic heterocycles. The largest absolute Gasteiger partial charge is 0.445 e. The molecular formula is C12H21NO4. The van der Waals surface area contributed by atoms with Gasteiger partial charge < -0.3 is 19.9 Å². The Labute approximate surface area is 102 Å². The molecule has 0 aliphatic rings. The number of aliphatic hydroxyl groups is 1. The summed E-state index contributed by atoms with van der Waals surface area (Å²) in [5.74, 6) is 0. The Balaban J connectivity index is 3.59. The SMILES string of the molecule is C/C=C\C(=C/C)COC(=O)NCCOCCO. The second-order valence-corrected chi connectivity index (χ2v) is 3.20. The number of nitrogens with one attached hydrogen (secondary N) is 1. The van der Waals surface area contributed by atoms with Gasteiger partial charge in [0.05, 0.1) is 19.8 Å². The lowest BCUT2D eigenvalue weighted by Crippen LogP contribution is -2.28. The van der Waals surface area contributed by atoms with Crippen molar-refractivity contribution in [1.29, 1.82) is 0 Å². The van der Waals surface area contributed by atoms with Crippen LogP contribution in [-0.2, 0) is 9.47 Å². The van der Waals surface area contributed by atoms with Crippen LogP contribution in [0.2, 0.25) is 0 Å². The fraction of sp³-hybridized carbons (Fsp3) is 0.583. The summed E-state index contributed by atoms with van der Waals surface area (Å²) in [6.45, 7) is 5.04. The first-order chi connectivity index (χ1) is 8.24. The summed E-state index contributed by atoms with van der Waals surface area (Å²) >= 11 is 0. The summed E-state index contributed by atoms with van der Waals surface area (Å²) in [5, 5.41) is 11.0. The van der Waals surface area contributed by atoms with Gasteiger partial charge in [0, 0.05) is 6.54 Å². The van der Waals surface area contributed by atoms with Gasteiger partial charge in [0.15, 0.2) is 0 Å². The van der Waals surface area contributed by atoms with Crippen molar-refractivity contribution in [2.75, 3.05) is 33.0 Å². The maximum atomic E-state index is 11.2. The van der Waals surface area contributed by atoms with E-state index in [0.717, 1.165) is 5.57 Å². The van der Waals surface area contributed by atoms with Gasteiger partial charge >= 0.3 is 6.09 Å². The predicted molar refractivity (Wildman–Crippen MR) is 65.8 cm³/mol. The number of alkyl carbamates (subject to hydrolysis) is 1. The Morgan fingerprint density at radius 1 is 1.35 bits per heavy atom. The van der Waals surface area contributed by atoms with Crippen LogP contribution in [0.3, 0.4) is 0 Å². The summed E-state index contributed by atoms with van der Waals surface area (Å²) in [6.07, 6.45) is 5.19. The van der Waals surface area contributed by atoms with E-state index < -0.39 is 6.09 Å². The molecule has 0 saturated heterocycles. The van der Waals surface area contributed by atoms with Gasteiger partial charge in [-0.25, -0.2) is 4.79 Å². The van der Waals surface area contributed by atoms with E-state index in [2.05, 4.69) is 5.32 Å². The zero-order valence-corrected chi connectivity index (χ0v) is 10.4. The highest BCUT2D eigenvalue weighted by atomic mass is 16.5. The number of rotatable bonds is 8. The average molecular weight is 243 g/mol. The first-order valence-corrected chi connectivity index (χ1v) is 5.61. The minimum absolute atomic E-state index is 0.0154. The molecule has 0 spiro atoms. The second-order valence-electron chi connectivity index (χ2n) is 3.20. The first kappa shape index (κ1) is 15.7. The minimum atomic E-state index is -0.471. The number of aliphatic hydroxyl groups excluding tert-OH is 1. The lowest BCUT2D eigenvalue weighted by molar-refractivity contribution is 0.0915. The van der Waals surface area contributed by atoms with E-state index in [9.17, 15) is 4.79 Å². The number of ether oxygens (including phenoxy) is 2. The van der Waals surface area contributed by atoms with Crippen LogP contribution in [0.15, 0.2) is 23.8 Å². The topological polar surface area (TPSA) is 67.8 Å². The van der Waals surface area contributed by atoms with Crippen molar-refractivity contribution in [1.82, 2.24) is 5.32 Å². The number of carbonyl (C=O) groups is 1. The van der Waals surface area contributed by atoms with E-state index in [1.54, 1.807) is 0 Å². The van der Waals surface area contributed by atoms with E-state index in [4.69, 9.17) is 14.6 Å². The van der Waals surface area contributed by atoms with Crippen molar-refractivity contribution in [3.05, 3.63) is 23.8 Å². The second kappa shape index (κ2) is 11.2. The lowest BCUT2D eigenvalue weighted by atomic mass is 10.2. The molecule has 0 bridgehead atoms. The van der Waals surface area contributed by atoms with Crippen LogP contribution in [0.25, 0.3) is 0 Å². The van der Waals surface area contributed by atoms with Crippen molar-refractivity contribution < 1.29 is 19.4 Å². The highest BCUT2D eigenvalue weighted by Crippen LogP contribution is 1.97. The normalized spacial score (nSPS) is 11.8. The molecule has 1 amide bonds. The summed E-state index contributed by atoms with van der Waals surface area (Å²) in [7, 11) is 0. The maximum Gasteiger partial charge on any atom is 0.407 e. The third kappa shape index (κ3) is 9.59. The quantitative estimate of drug-likeness (QED) is 0.497. The van der Waals surface area contributed by atoms with Gasteiger partial charge in [-0.1, -0.05) is 18.2 Å². The molecule has 0 radical (unpaired) electrons. The Kier molecular flexibility index (Phi) is 10.3. The summed E-state index contributed by atoms with van der Waals surface area (Å²) in [4.78, 5) is 11.2. The molecule has 5 nitrogen and oxygen atoms in total. The van der Waals surface area contributed by atoms with E-state index in [0.29, 0.717) is 13.2 Å². The highest BCUT2D eigenvalue weighted by molar-refractivity contribution is 5.67. The molecule has 0 fully saturated rings. The molecule has 2 N–H and O–H groups in total. The lowest BCUT2D eigenvalue weighted by Gasteiger charge is -2.07. The molecule has 0 heterocycles. The average Bonchev–Trinajstić information content (AvgIpc) is 2.34. The van der Waals surface area contributed by atoms with Gasteiger partial charge in [-0.2, -0.15) is 0 Å². The number of amides is 1. The van der Waals surface area contributed by atoms with Crippen molar-refractivity contribution in [2.24, 2.45) is 0 Å². The van der Waals surface area contributed by atoms with E-state index in [1.165, 1.54) is 0 Å². The van der Waals surface area contributed by atoms with Crippen LogP contribution in [0, 0.1) is 0 Å². The Morgan fingerprint density at radius 2 is 2.12 bits per heavy atom. The molecule has 17 heavy (non-hydrogen) atoms. The first-order valence-electron chi connectivity index (χ1n) is 5.61.